The molecule has 2 aromatic carbocycles. The molecule has 1 saturated heterocycles. The molecule has 5 aliphatic rings. The van der Waals surface area contributed by atoms with Crippen LogP contribution in [0.5, 0.6) is 5.75 Å². The Bertz CT molecular complexity index is 1610. The van der Waals surface area contributed by atoms with Crippen LogP contribution in [0.15, 0.2) is 36.4 Å². The molecular formula is C37H49ClN2O4S3. The van der Waals surface area contributed by atoms with Gasteiger partial charge in [0.25, 0.3) is 5.91 Å². The lowest BCUT2D eigenvalue weighted by atomic mass is 9.63. The molecule has 1 spiro atoms. The Labute approximate surface area is 294 Å². The van der Waals surface area contributed by atoms with Gasteiger partial charge in [0, 0.05) is 34.3 Å². The molecular weight excluding hydrogens is 668 g/mol. The summed E-state index contributed by atoms with van der Waals surface area (Å²) >= 11 is 10.4. The van der Waals surface area contributed by atoms with Crippen LogP contribution in [0.4, 0.5) is 5.69 Å². The monoisotopic (exact) mass is 716 g/mol. The maximum absolute atomic E-state index is 13.9. The molecule has 7 rings (SSSR count). The average molecular weight is 717 g/mol. The standard InChI is InChI=1S/C37H49ClN2O4S3/c1-24-7-4-16-37(42,35-45-17-6-18-46-35)31-12-9-28(31)21-40-22-36(15-5-8-26-19-29(38)11-13-30(26)36)23-44-33-14-10-27(20-32(33)40)34(41)39-47(3,43)25(24)2/h10-11,13-14,19-20,24-25,28,31,35,42H,3-9,12,15-18,21-23H2,1-2H3,(H,39,41,43)/t24-,25+,28-,31+,36-,37+,47?/m0/s1. The summed E-state index contributed by atoms with van der Waals surface area (Å²) in [5.41, 5.74) is 2.97. The molecule has 6 nitrogen and oxygen atoms in total. The summed E-state index contributed by atoms with van der Waals surface area (Å²) in [7, 11) is -2.92. The number of anilines is 1. The summed E-state index contributed by atoms with van der Waals surface area (Å²) in [5.74, 6) is 7.26. The quantitative estimate of drug-likeness (QED) is 0.299. The van der Waals surface area contributed by atoms with Crippen LogP contribution in [-0.4, -0.2) is 67.7 Å². The number of carbonyl (C=O) groups is 1. The number of amides is 1. The van der Waals surface area contributed by atoms with E-state index in [1.54, 1.807) is 6.07 Å². The van der Waals surface area contributed by atoms with E-state index in [1.165, 1.54) is 17.5 Å². The second-order valence-electron chi connectivity index (χ2n) is 14.9. The van der Waals surface area contributed by atoms with Crippen LogP contribution in [0.3, 0.4) is 0 Å². The van der Waals surface area contributed by atoms with Crippen molar-refractivity contribution >= 4 is 62.3 Å². The highest BCUT2D eigenvalue weighted by Gasteiger charge is 2.52. The number of ether oxygens (including phenoxy) is 1. The highest BCUT2D eigenvalue weighted by atomic mass is 35.5. The Morgan fingerprint density at radius 1 is 1.06 bits per heavy atom. The fraction of sp³-hybridized carbons (Fsp3) is 0.622. The molecule has 10 heteroatoms. The van der Waals surface area contributed by atoms with Crippen LogP contribution in [0.2, 0.25) is 5.02 Å². The maximum atomic E-state index is 13.9. The fourth-order valence-corrected chi connectivity index (χ4v) is 13.9. The number of fused-ring (bicyclic) bond motifs is 4. The van der Waals surface area contributed by atoms with Crippen molar-refractivity contribution in [1.82, 2.24) is 4.72 Å². The minimum atomic E-state index is -2.92. The molecule has 256 valence electrons. The molecule has 3 aliphatic heterocycles. The summed E-state index contributed by atoms with van der Waals surface area (Å²) in [5, 5.41) is 13.2. The van der Waals surface area contributed by atoms with E-state index in [-0.39, 0.29) is 33.0 Å². The van der Waals surface area contributed by atoms with Gasteiger partial charge in [0.15, 0.2) is 0 Å². The molecule has 2 fully saturated rings. The van der Waals surface area contributed by atoms with Gasteiger partial charge in [0.1, 0.15) is 5.75 Å². The van der Waals surface area contributed by atoms with Crippen molar-refractivity contribution in [3.8, 4) is 5.75 Å². The van der Waals surface area contributed by atoms with E-state index in [0.717, 1.165) is 92.4 Å². The number of aliphatic hydroxyl groups is 1. The van der Waals surface area contributed by atoms with E-state index in [9.17, 15) is 14.1 Å². The minimum Gasteiger partial charge on any atom is -0.490 e. The van der Waals surface area contributed by atoms with E-state index in [4.69, 9.17) is 16.3 Å². The third-order valence-electron chi connectivity index (χ3n) is 12.0. The summed E-state index contributed by atoms with van der Waals surface area (Å²) < 4.78 is 23.6. The Balaban J connectivity index is 1.31. The SMILES string of the molecule is C=S1(=O)NC(=O)c2ccc3c(c2)N(C[C@@H]2CC[C@H]2[C@@](O)(C2SCCCS2)CCC[C@H](C)[C@H]1C)C[C@@]1(CCCc2cc(Cl)ccc21)CO3. The van der Waals surface area contributed by atoms with E-state index in [1.807, 2.05) is 48.6 Å². The third kappa shape index (κ3) is 6.46. The number of benzene rings is 2. The van der Waals surface area contributed by atoms with E-state index in [0.29, 0.717) is 18.1 Å². The van der Waals surface area contributed by atoms with Gasteiger partial charge < -0.3 is 14.7 Å². The Morgan fingerprint density at radius 3 is 2.64 bits per heavy atom. The first-order chi connectivity index (χ1) is 22.5. The van der Waals surface area contributed by atoms with Gasteiger partial charge in [-0.1, -0.05) is 31.0 Å². The molecule has 0 aromatic heterocycles. The van der Waals surface area contributed by atoms with Crippen molar-refractivity contribution in [1.29, 1.82) is 0 Å². The second kappa shape index (κ2) is 13.3. The summed E-state index contributed by atoms with van der Waals surface area (Å²) in [6.07, 6.45) is 8.80. The third-order valence-corrected chi connectivity index (χ3v) is 17.7. The Hall–Kier alpha value is -1.52. The number of aryl methyl sites for hydroxylation is 1. The van der Waals surface area contributed by atoms with Gasteiger partial charge >= 0.3 is 0 Å². The fourth-order valence-electron chi connectivity index (χ4n) is 8.86. The van der Waals surface area contributed by atoms with Gasteiger partial charge in [0.05, 0.1) is 32.2 Å². The second-order valence-corrected chi connectivity index (χ2v) is 20.4. The lowest BCUT2D eigenvalue weighted by Crippen LogP contribution is -2.56. The number of nitrogens with one attached hydrogen (secondary N) is 1. The highest BCUT2D eigenvalue weighted by Crippen LogP contribution is 2.54. The normalized spacial score (nSPS) is 36.7. The molecule has 2 N–H and O–H groups in total. The van der Waals surface area contributed by atoms with Crippen LogP contribution < -0.4 is 14.4 Å². The maximum Gasteiger partial charge on any atom is 0.262 e. The van der Waals surface area contributed by atoms with Crippen LogP contribution in [0.25, 0.3) is 0 Å². The molecule has 2 bridgehead atoms. The predicted octanol–water partition coefficient (Wildman–Crippen LogP) is 7.34. The van der Waals surface area contributed by atoms with Gasteiger partial charge in [-0.2, -0.15) is 0 Å². The van der Waals surface area contributed by atoms with Crippen molar-refractivity contribution in [2.45, 2.75) is 92.5 Å². The summed E-state index contributed by atoms with van der Waals surface area (Å²) in [6, 6.07) is 11.9. The van der Waals surface area contributed by atoms with Crippen LogP contribution in [0, 0.1) is 17.8 Å². The molecule has 1 unspecified atom stereocenters. The van der Waals surface area contributed by atoms with E-state index >= 15 is 0 Å². The molecule has 0 radical (unpaired) electrons. The number of rotatable bonds is 1. The number of halogens is 1. The first-order valence-electron chi connectivity index (χ1n) is 17.4. The predicted molar refractivity (Wildman–Crippen MR) is 200 cm³/mol. The van der Waals surface area contributed by atoms with Crippen LogP contribution in [0.1, 0.15) is 86.7 Å². The lowest BCUT2D eigenvalue weighted by Gasteiger charge is -2.53. The van der Waals surface area contributed by atoms with Crippen molar-refractivity contribution in [2.24, 2.45) is 17.8 Å². The van der Waals surface area contributed by atoms with Crippen molar-refractivity contribution in [3.05, 3.63) is 58.1 Å². The Kier molecular flexibility index (Phi) is 9.62. The van der Waals surface area contributed by atoms with Gasteiger partial charge in [-0.3, -0.25) is 9.52 Å². The minimum absolute atomic E-state index is 0.0849. The van der Waals surface area contributed by atoms with Gasteiger partial charge in [-0.15, -0.1) is 23.5 Å². The van der Waals surface area contributed by atoms with Gasteiger partial charge in [0.2, 0.25) is 0 Å². The van der Waals surface area contributed by atoms with E-state index in [2.05, 4.69) is 34.5 Å². The first-order valence-corrected chi connectivity index (χ1v) is 21.7. The van der Waals surface area contributed by atoms with Crippen molar-refractivity contribution < 1.29 is 18.8 Å². The lowest BCUT2D eigenvalue weighted by molar-refractivity contribution is -0.0765. The summed E-state index contributed by atoms with van der Waals surface area (Å²) in [4.78, 5) is 16.1. The molecule has 7 atom stereocenters. The number of nitrogens with zero attached hydrogens (tertiary/aromatic N) is 1. The molecule has 47 heavy (non-hydrogen) atoms. The zero-order valence-corrected chi connectivity index (χ0v) is 30.9. The van der Waals surface area contributed by atoms with E-state index < -0.39 is 15.3 Å². The molecule has 3 heterocycles. The average Bonchev–Trinajstić information content (AvgIpc) is 3.19. The topological polar surface area (TPSA) is 78.9 Å². The van der Waals surface area contributed by atoms with Crippen LogP contribution >= 0.6 is 35.1 Å². The Morgan fingerprint density at radius 2 is 1.87 bits per heavy atom. The molecule has 2 aromatic rings. The number of carbonyl (C=O) groups excluding carboxylic acids is 1. The largest absolute Gasteiger partial charge is 0.490 e. The molecule has 1 saturated carbocycles. The molecule has 2 aliphatic carbocycles. The zero-order chi connectivity index (χ0) is 33.0. The highest BCUT2D eigenvalue weighted by molar-refractivity contribution is 8.17. The van der Waals surface area contributed by atoms with Gasteiger partial charge in [-0.25, -0.2) is 4.21 Å². The van der Waals surface area contributed by atoms with Crippen molar-refractivity contribution in [2.75, 3.05) is 36.1 Å². The summed E-state index contributed by atoms with van der Waals surface area (Å²) in [6.45, 7) is 6.14. The van der Waals surface area contributed by atoms with Crippen LogP contribution in [-0.2, 0) is 21.5 Å². The smallest absolute Gasteiger partial charge is 0.262 e. The zero-order valence-electron chi connectivity index (χ0n) is 27.7. The first kappa shape index (κ1) is 34.0. The number of hydrogen-bond donors (Lipinski definition) is 2. The number of hydrogen-bond acceptors (Lipinski definition) is 7. The van der Waals surface area contributed by atoms with Gasteiger partial charge in [-0.05, 0) is 135 Å². The molecule has 1 amide bonds. The van der Waals surface area contributed by atoms with Crippen molar-refractivity contribution in [3.63, 3.8) is 0 Å². The number of thioether (sulfide) groups is 2.